The summed E-state index contributed by atoms with van der Waals surface area (Å²) >= 11 is 0. The lowest BCUT2D eigenvalue weighted by Crippen LogP contribution is -2.25. The van der Waals surface area contributed by atoms with Crippen LogP contribution in [-0.2, 0) is 9.53 Å². The minimum atomic E-state index is -0.676. The third-order valence-electron chi connectivity index (χ3n) is 2.70. The van der Waals surface area contributed by atoms with E-state index in [1.54, 1.807) is 0 Å². The zero-order valence-corrected chi connectivity index (χ0v) is 10.6. The molecule has 0 aliphatic heterocycles. The van der Waals surface area contributed by atoms with Crippen LogP contribution in [0.25, 0.3) is 0 Å². The molecule has 1 aromatic rings. The molecular formula is C14H21NO2. The summed E-state index contributed by atoms with van der Waals surface area (Å²) in [7, 11) is 0. The van der Waals surface area contributed by atoms with Gasteiger partial charge in [-0.15, -0.1) is 0 Å². The fourth-order valence-corrected chi connectivity index (χ4v) is 1.69. The molecule has 0 bridgehead atoms. The molecule has 2 N–H and O–H groups in total. The highest BCUT2D eigenvalue weighted by Gasteiger charge is 2.17. The van der Waals surface area contributed by atoms with Gasteiger partial charge in [-0.3, -0.25) is 0 Å². The Bertz CT molecular complexity index is 337. The predicted octanol–water partition coefficient (Wildman–Crippen LogP) is 2.67. The molecule has 0 aliphatic rings. The van der Waals surface area contributed by atoms with E-state index in [1.165, 1.54) is 0 Å². The maximum absolute atomic E-state index is 11.7. The normalized spacial score (nSPS) is 14.1. The fourth-order valence-electron chi connectivity index (χ4n) is 1.69. The van der Waals surface area contributed by atoms with Gasteiger partial charge in [-0.25, -0.2) is 4.79 Å². The molecular weight excluding hydrogens is 214 g/mol. The van der Waals surface area contributed by atoms with Crippen molar-refractivity contribution in [3.8, 4) is 0 Å². The third-order valence-corrected chi connectivity index (χ3v) is 2.70. The molecule has 0 amide bonds. The van der Waals surface area contributed by atoms with Crippen molar-refractivity contribution in [3.05, 3.63) is 35.9 Å². The van der Waals surface area contributed by atoms with Gasteiger partial charge in [0.2, 0.25) is 0 Å². The number of hydrogen-bond donors (Lipinski definition) is 1. The number of carbonyl (C=O) groups excluding carboxylic acids is 1. The van der Waals surface area contributed by atoms with E-state index < -0.39 is 6.04 Å². The maximum atomic E-state index is 11.7. The van der Waals surface area contributed by atoms with Gasteiger partial charge in [0.25, 0.3) is 0 Å². The summed E-state index contributed by atoms with van der Waals surface area (Å²) in [5.41, 5.74) is 6.62. The number of rotatable bonds is 6. The van der Waals surface area contributed by atoms with E-state index in [2.05, 4.69) is 13.8 Å². The summed E-state index contributed by atoms with van der Waals surface area (Å²) in [5.74, 6) is 0.0473. The van der Waals surface area contributed by atoms with Crippen LogP contribution in [-0.4, -0.2) is 12.6 Å². The molecule has 0 heterocycles. The van der Waals surface area contributed by atoms with Gasteiger partial charge in [-0.2, -0.15) is 0 Å². The molecule has 0 fully saturated rings. The average molecular weight is 235 g/mol. The summed E-state index contributed by atoms with van der Waals surface area (Å²) in [4.78, 5) is 11.7. The Hall–Kier alpha value is -1.35. The van der Waals surface area contributed by atoms with Crippen LogP contribution in [0.1, 0.15) is 38.3 Å². The molecule has 1 unspecified atom stereocenters. The Morgan fingerprint density at radius 3 is 2.59 bits per heavy atom. The van der Waals surface area contributed by atoms with Crippen LogP contribution in [0.3, 0.4) is 0 Å². The van der Waals surface area contributed by atoms with E-state index in [-0.39, 0.29) is 5.97 Å². The van der Waals surface area contributed by atoms with Crippen molar-refractivity contribution in [1.82, 2.24) is 0 Å². The van der Waals surface area contributed by atoms with Gasteiger partial charge in [-0.1, -0.05) is 50.6 Å². The monoisotopic (exact) mass is 235 g/mol. The number of benzene rings is 1. The van der Waals surface area contributed by atoms with Crippen molar-refractivity contribution in [2.45, 2.75) is 32.7 Å². The van der Waals surface area contributed by atoms with Gasteiger partial charge < -0.3 is 10.5 Å². The van der Waals surface area contributed by atoms with Crippen molar-refractivity contribution < 1.29 is 9.53 Å². The molecule has 17 heavy (non-hydrogen) atoms. The van der Waals surface area contributed by atoms with Gasteiger partial charge in [-0.05, 0) is 17.9 Å². The maximum Gasteiger partial charge on any atom is 0.327 e. The predicted molar refractivity (Wildman–Crippen MR) is 68.4 cm³/mol. The standard InChI is InChI=1S/C14H21NO2/c1-3-7-11(2)10-17-14(16)13(15)12-8-5-4-6-9-12/h4-6,8-9,11,13H,3,7,10,15H2,1-2H3/t11?,13-/m0/s1. The molecule has 2 atom stereocenters. The summed E-state index contributed by atoms with van der Waals surface area (Å²) in [6.45, 7) is 4.64. The molecule has 3 nitrogen and oxygen atoms in total. The highest BCUT2D eigenvalue weighted by molar-refractivity contribution is 5.77. The zero-order valence-electron chi connectivity index (χ0n) is 10.6. The zero-order chi connectivity index (χ0) is 12.7. The minimum absolute atomic E-state index is 0.348. The van der Waals surface area contributed by atoms with Gasteiger partial charge >= 0.3 is 5.97 Å². The first-order chi connectivity index (χ1) is 8.15. The van der Waals surface area contributed by atoms with E-state index in [1.807, 2.05) is 30.3 Å². The van der Waals surface area contributed by atoms with Crippen LogP contribution in [0.4, 0.5) is 0 Å². The first-order valence-corrected chi connectivity index (χ1v) is 6.12. The van der Waals surface area contributed by atoms with E-state index >= 15 is 0 Å². The summed E-state index contributed by atoms with van der Waals surface area (Å²) in [5, 5.41) is 0. The van der Waals surface area contributed by atoms with Crippen molar-refractivity contribution in [2.75, 3.05) is 6.61 Å². The van der Waals surface area contributed by atoms with Crippen LogP contribution in [0, 0.1) is 5.92 Å². The quantitative estimate of drug-likeness (QED) is 0.771. The second-order valence-corrected chi connectivity index (χ2v) is 4.41. The van der Waals surface area contributed by atoms with Crippen LogP contribution in [0.15, 0.2) is 30.3 Å². The van der Waals surface area contributed by atoms with Gasteiger partial charge in [0.15, 0.2) is 0 Å². The Morgan fingerprint density at radius 1 is 1.35 bits per heavy atom. The minimum Gasteiger partial charge on any atom is -0.464 e. The van der Waals surface area contributed by atoms with Gasteiger partial charge in [0.05, 0.1) is 6.61 Å². The number of hydrogen-bond acceptors (Lipinski definition) is 3. The molecule has 0 aromatic heterocycles. The molecule has 1 rings (SSSR count). The van der Waals surface area contributed by atoms with Crippen LogP contribution in [0.2, 0.25) is 0 Å². The summed E-state index contributed by atoms with van der Waals surface area (Å²) in [6.07, 6.45) is 2.16. The van der Waals surface area contributed by atoms with E-state index in [4.69, 9.17) is 10.5 Å². The first kappa shape index (κ1) is 13.7. The Labute approximate surface area is 103 Å². The van der Waals surface area contributed by atoms with Crippen molar-refractivity contribution in [3.63, 3.8) is 0 Å². The summed E-state index contributed by atoms with van der Waals surface area (Å²) < 4.78 is 5.21. The van der Waals surface area contributed by atoms with Gasteiger partial charge in [0.1, 0.15) is 6.04 Å². The average Bonchev–Trinajstić information content (AvgIpc) is 2.36. The number of nitrogens with two attached hydrogens (primary N) is 1. The lowest BCUT2D eigenvalue weighted by atomic mass is 10.1. The number of ether oxygens (including phenoxy) is 1. The molecule has 3 heteroatoms. The van der Waals surface area contributed by atoms with Crippen molar-refractivity contribution >= 4 is 5.97 Å². The third kappa shape index (κ3) is 4.57. The SMILES string of the molecule is CCCC(C)COC(=O)[C@@H](N)c1ccccc1. The summed E-state index contributed by atoms with van der Waals surface area (Å²) in [6, 6.07) is 8.61. The van der Waals surface area contributed by atoms with Crippen molar-refractivity contribution in [1.29, 1.82) is 0 Å². The lowest BCUT2D eigenvalue weighted by Gasteiger charge is -2.14. The fraction of sp³-hybridized carbons (Fsp3) is 0.500. The van der Waals surface area contributed by atoms with Crippen molar-refractivity contribution in [2.24, 2.45) is 11.7 Å². The first-order valence-electron chi connectivity index (χ1n) is 6.12. The second kappa shape index (κ2) is 7.07. The molecule has 0 radical (unpaired) electrons. The van der Waals surface area contributed by atoms with Crippen LogP contribution >= 0.6 is 0 Å². The number of carbonyl (C=O) groups is 1. The molecule has 0 saturated carbocycles. The molecule has 0 saturated heterocycles. The highest BCUT2D eigenvalue weighted by atomic mass is 16.5. The Morgan fingerprint density at radius 2 is 2.00 bits per heavy atom. The molecule has 94 valence electrons. The van der Waals surface area contributed by atoms with Gasteiger partial charge in [0, 0.05) is 0 Å². The topological polar surface area (TPSA) is 52.3 Å². The molecule has 0 aliphatic carbocycles. The second-order valence-electron chi connectivity index (χ2n) is 4.41. The highest BCUT2D eigenvalue weighted by Crippen LogP contribution is 2.12. The van der Waals surface area contributed by atoms with E-state index in [0.717, 1.165) is 18.4 Å². The molecule has 0 spiro atoms. The van der Waals surface area contributed by atoms with E-state index in [9.17, 15) is 4.79 Å². The van der Waals surface area contributed by atoms with Crippen LogP contribution in [0.5, 0.6) is 0 Å². The van der Waals surface area contributed by atoms with E-state index in [0.29, 0.717) is 12.5 Å². The Balaban J connectivity index is 2.43. The smallest absolute Gasteiger partial charge is 0.327 e. The Kier molecular flexibility index (Phi) is 5.70. The largest absolute Gasteiger partial charge is 0.464 e. The number of esters is 1. The molecule has 1 aromatic carbocycles. The van der Waals surface area contributed by atoms with Crippen LogP contribution < -0.4 is 5.73 Å². The lowest BCUT2D eigenvalue weighted by molar-refractivity contribution is -0.146.